The van der Waals surface area contributed by atoms with Crippen LogP contribution in [0, 0.1) is 0 Å². The lowest BCUT2D eigenvalue weighted by Gasteiger charge is -2.20. The first-order valence-corrected chi connectivity index (χ1v) is 6.95. The molecule has 1 N–H and O–H groups in total. The zero-order valence-electron chi connectivity index (χ0n) is 11.5. The van der Waals surface area contributed by atoms with Gasteiger partial charge in [0.15, 0.2) is 0 Å². The normalized spacial score (nSPS) is 21.3. The predicted octanol–water partition coefficient (Wildman–Crippen LogP) is 2.98. The van der Waals surface area contributed by atoms with E-state index in [2.05, 4.69) is 29.3 Å². The Morgan fingerprint density at radius 3 is 2.89 bits per heavy atom. The van der Waals surface area contributed by atoms with Crippen LogP contribution in [0.2, 0.25) is 0 Å². The minimum atomic E-state index is 0.567. The number of methoxy groups -OCH3 is 1. The molecule has 3 heteroatoms. The number of nitrogens with one attached hydrogen (secondary N) is 1. The lowest BCUT2D eigenvalue weighted by Crippen LogP contribution is -2.26. The van der Waals surface area contributed by atoms with E-state index in [-0.39, 0.29) is 0 Å². The molecule has 1 fully saturated rings. The molecule has 1 atom stereocenters. The molecule has 1 saturated heterocycles. The van der Waals surface area contributed by atoms with Crippen molar-refractivity contribution in [1.29, 1.82) is 0 Å². The topological polar surface area (TPSA) is 24.5 Å². The van der Waals surface area contributed by atoms with Crippen LogP contribution in [0.4, 0.5) is 5.69 Å². The third-order valence-electron chi connectivity index (χ3n) is 3.73. The standard InChI is InChI=1S/C15H24N2O/c1-3-17-11-6-7-13(10-12-17)16-14-8-4-5-9-15(14)18-2/h4-5,8-9,13,16H,3,6-7,10-12H2,1-2H3. The molecule has 18 heavy (non-hydrogen) atoms. The molecular weight excluding hydrogens is 224 g/mol. The Balaban J connectivity index is 1.96. The SMILES string of the molecule is CCN1CCCC(Nc2ccccc2OC)CC1. The van der Waals surface area contributed by atoms with E-state index in [4.69, 9.17) is 4.74 Å². The van der Waals surface area contributed by atoms with Gasteiger partial charge in [-0.25, -0.2) is 0 Å². The number of likely N-dealkylation sites (tertiary alicyclic amines) is 1. The van der Waals surface area contributed by atoms with Gasteiger partial charge in [0.25, 0.3) is 0 Å². The number of ether oxygens (including phenoxy) is 1. The van der Waals surface area contributed by atoms with Crippen molar-refractivity contribution in [3.8, 4) is 5.75 Å². The average Bonchev–Trinajstić information content (AvgIpc) is 2.64. The quantitative estimate of drug-likeness (QED) is 0.886. The van der Waals surface area contributed by atoms with Crippen LogP contribution in [0.15, 0.2) is 24.3 Å². The van der Waals surface area contributed by atoms with Crippen molar-refractivity contribution >= 4 is 5.69 Å². The Kier molecular flexibility index (Phi) is 4.88. The van der Waals surface area contributed by atoms with Crippen LogP contribution in [0.5, 0.6) is 5.75 Å². The summed E-state index contributed by atoms with van der Waals surface area (Å²) < 4.78 is 5.39. The monoisotopic (exact) mass is 248 g/mol. The van der Waals surface area contributed by atoms with Crippen LogP contribution >= 0.6 is 0 Å². The largest absolute Gasteiger partial charge is 0.495 e. The van der Waals surface area contributed by atoms with Gasteiger partial charge in [-0.1, -0.05) is 19.1 Å². The van der Waals surface area contributed by atoms with Gasteiger partial charge in [0, 0.05) is 12.6 Å². The first-order valence-electron chi connectivity index (χ1n) is 6.95. The van der Waals surface area contributed by atoms with Crippen molar-refractivity contribution in [3.63, 3.8) is 0 Å². The highest BCUT2D eigenvalue weighted by molar-refractivity contribution is 5.56. The van der Waals surface area contributed by atoms with Gasteiger partial charge in [-0.3, -0.25) is 0 Å². The number of hydrogen-bond donors (Lipinski definition) is 1. The number of anilines is 1. The molecule has 1 unspecified atom stereocenters. The summed E-state index contributed by atoms with van der Waals surface area (Å²) in [4.78, 5) is 2.53. The van der Waals surface area contributed by atoms with Crippen molar-refractivity contribution in [1.82, 2.24) is 4.90 Å². The minimum absolute atomic E-state index is 0.567. The fourth-order valence-corrected chi connectivity index (χ4v) is 2.60. The molecule has 0 radical (unpaired) electrons. The maximum atomic E-state index is 5.39. The van der Waals surface area contributed by atoms with Crippen molar-refractivity contribution < 1.29 is 4.74 Å². The van der Waals surface area contributed by atoms with E-state index in [1.807, 2.05) is 12.1 Å². The molecule has 1 heterocycles. The lowest BCUT2D eigenvalue weighted by molar-refractivity contribution is 0.300. The molecule has 1 aromatic rings. The van der Waals surface area contributed by atoms with Crippen molar-refractivity contribution in [2.24, 2.45) is 0 Å². The molecule has 0 aromatic heterocycles. The van der Waals surface area contributed by atoms with Crippen LogP contribution in [0.3, 0.4) is 0 Å². The van der Waals surface area contributed by atoms with E-state index in [0.29, 0.717) is 6.04 Å². The molecule has 0 spiro atoms. The highest BCUT2D eigenvalue weighted by Crippen LogP contribution is 2.26. The second kappa shape index (κ2) is 6.64. The van der Waals surface area contributed by atoms with Gasteiger partial charge in [-0.05, 0) is 44.5 Å². The summed E-state index contributed by atoms with van der Waals surface area (Å²) in [6, 6.07) is 8.74. The number of hydrogen-bond acceptors (Lipinski definition) is 3. The summed E-state index contributed by atoms with van der Waals surface area (Å²) in [5, 5.41) is 3.63. The van der Waals surface area contributed by atoms with Gasteiger partial charge in [0.1, 0.15) is 5.75 Å². The van der Waals surface area contributed by atoms with E-state index in [1.54, 1.807) is 7.11 Å². The van der Waals surface area contributed by atoms with Crippen LogP contribution in [-0.4, -0.2) is 37.7 Å². The van der Waals surface area contributed by atoms with Gasteiger partial charge < -0.3 is 15.0 Å². The highest BCUT2D eigenvalue weighted by atomic mass is 16.5. The molecule has 0 aliphatic carbocycles. The predicted molar refractivity (Wildman–Crippen MR) is 76.4 cm³/mol. The number of para-hydroxylation sites is 2. The lowest BCUT2D eigenvalue weighted by atomic mass is 10.1. The van der Waals surface area contributed by atoms with E-state index < -0.39 is 0 Å². The molecule has 2 rings (SSSR count). The molecule has 3 nitrogen and oxygen atoms in total. The maximum absolute atomic E-state index is 5.39. The summed E-state index contributed by atoms with van der Waals surface area (Å²) >= 11 is 0. The molecule has 100 valence electrons. The summed E-state index contributed by atoms with van der Waals surface area (Å²) in [5.74, 6) is 0.939. The van der Waals surface area contributed by atoms with E-state index >= 15 is 0 Å². The zero-order valence-corrected chi connectivity index (χ0v) is 11.5. The minimum Gasteiger partial charge on any atom is -0.495 e. The van der Waals surface area contributed by atoms with Crippen LogP contribution in [0.1, 0.15) is 26.2 Å². The van der Waals surface area contributed by atoms with Gasteiger partial charge >= 0.3 is 0 Å². The smallest absolute Gasteiger partial charge is 0.141 e. The van der Waals surface area contributed by atoms with Gasteiger partial charge in [0.05, 0.1) is 12.8 Å². The number of nitrogens with zero attached hydrogens (tertiary/aromatic N) is 1. The summed E-state index contributed by atoms with van der Waals surface area (Å²) in [7, 11) is 1.73. The Morgan fingerprint density at radius 1 is 1.28 bits per heavy atom. The zero-order chi connectivity index (χ0) is 12.8. The highest BCUT2D eigenvalue weighted by Gasteiger charge is 2.16. The molecule has 1 aliphatic heterocycles. The second-order valence-corrected chi connectivity index (χ2v) is 4.91. The summed E-state index contributed by atoms with van der Waals surface area (Å²) in [5.41, 5.74) is 1.12. The number of benzene rings is 1. The third-order valence-corrected chi connectivity index (χ3v) is 3.73. The second-order valence-electron chi connectivity index (χ2n) is 4.91. The van der Waals surface area contributed by atoms with Crippen LogP contribution in [-0.2, 0) is 0 Å². The van der Waals surface area contributed by atoms with Crippen LogP contribution < -0.4 is 10.1 Å². The van der Waals surface area contributed by atoms with E-state index in [0.717, 1.165) is 11.4 Å². The first kappa shape index (κ1) is 13.2. The van der Waals surface area contributed by atoms with Crippen molar-refractivity contribution in [3.05, 3.63) is 24.3 Å². The molecular formula is C15H24N2O. The summed E-state index contributed by atoms with van der Waals surface area (Å²) in [6.07, 6.45) is 3.74. The number of rotatable bonds is 4. The van der Waals surface area contributed by atoms with Crippen LogP contribution in [0.25, 0.3) is 0 Å². The molecule has 1 aromatic carbocycles. The Morgan fingerprint density at radius 2 is 2.11 bits per heavy atom. The van der Waals surface area contributed by atoms with E-state index in [9.17, 15) is 0 Å². The molecule has 1 aliphatic rings. The Hall–Kier alpha value is -1.22. The van der Waals surface area contributed by atoms with Crippen molar-refractivity contribution in [2.45, 2.75) is 32.2 Å². The Labute approximate surface area is 110 Å². The maximum Gasteiger partial charge on any atom is 0.141 e. The summed E-state index contributed by atoms with van der Waals surface area (Å²) in [6.45, 7) is 5.85. The Bertz CT molecular complexity index is 367. The van der Waals surface area contributed by atoms with E-state index in [1.165, 1.54) is 38.9 Å². The fourth-order valence-electron chi connectivity index (χ4n) is 2.60. The molecule has 0 bridgehead atoms. The van der Waals surface area contributed by atoms with Gasteiger partial charge in [-0.2, -0.15) is 0 Å². The fraction of sp³-hybridized carbons (Fsp3) is 0.600. The van der Waals surface area contributed by atoms with Gasteiger partial charge in [-0.15, -0.1) is 0 Å². The van der Waals surface area contributed by atoms with Crippen molar-refractivity contribution in [2.75, 3.05) is 32.1 Å². The van der Waals surface area contributed by atoms with Gasteiger partial charge in [0.2, 0.25) is 0 Å². The first-order chi connectivity index (χ1) is 8.83. The average molecular weight is 248 g/mol. The third kappa shape index (κ3) is 3.39. The molecule has 0 saturated carbocycles. The molecule has 0 amide bonds.